The predicted molar refractivity (Wildman–Crippen MR) is 114 cm³/mol. The van der Waals surface area contributed by atoms with Gasteiger partial charge in [-0.1, -0.05) is 69.8 Å². The summed E-state index contributed by atoms with van der Waals surface area (Å²) in [6.45, 7) is 4.77. The Balaban J connectivity index is 3.34. The van der Waals surface area contributed by atoms with E-state index >= 15 is 0 Å². The van der Waals surface area contributed by atoms with Crippen molar-refractivity contribution in [2.75, 3.05) is 20.7 Å². The summed E-state index contributed by atoms with van der Waals surface area (Å²) in [5, 5.41) is 9.64. The van der Waals surface area contributed by atoms with Gasteiger partial charge in [0.1, 0.15) is 6.23 Å². The van der Waals surface area contributed by atoms with Crippen LogP contribution >= 0.6 is 0 Å². The second-order valence-corrected chi connectivity index (χ2v) is 7.55. The van der Waals surface area contributed by atoms with Crippen molar-refractivity contribution in [2.24, 2.45) is 0 Å². The number of rotatable bonds is 18. The fourth-order valence-corrected chi connectivity index (χ4v) is 3.01. The number of aliphatic hydroxyl groups is 1. The molecule has 26 heavy (non-hydrogen) atoms. The molecule has 154 valence electrons. The Hall–Kier alpha value is -0.640. The molecule has 0 aromatic carbocycles. The first-order valence-electron chi connectivity index (χ1n) is 10.9. The van der Waals surface area contributed by atoms with Crippen LogP contribution < -0.4 is 0 Å². The van der Waals surface area contributed by atoms with Crippen molar-refractivity contribution in [2.45, 2.75) is 103 Å². The van der Waals surface area contributed by atoms with Gasteiger partial charge in [0.15, 0.2) is 0 Å². The van der Waals surface area contributed by atoms with Gasteiger partial charge in [-0.05, 0) is 59.5 Å². The van der Waals surface area contributed by atoms with E-state index in [4.69, 9.17) is 4.74 Å². The third-order valence-electron chi connectivity index (χ3n) is 4.56. The van der Waals surface area contributed by atoms with E-state index in [1.54, 1.807) is 6.92 Å². The minimum Gasteiger partial charge on any atom is -0.389 e. The third kappa shape index (κ3) is 16.8. The normalized spacial score (nSPS) is 14.7. The number of aliphatic hydroxyl groups excluding tert-OH is 1. The molecule has 2 unspecified atom stereocenters. The highest BCUT2D eigenvalue weighted by Crippen LogP contribution is 2.09. The van der Waals surface area contributed by atoms with Crippen LogP contribution in [0, 0.1) is 0 Å². The van der Waals surface area contributed by atoms with Gasteiger partial charge in [-0.15, -0.1) is 0 Å². The lowest BCUT2D eigenvalue weighted by Gasteiger charge is -2.26. The first-order valence-corrected chi connectivity index (χ1v) is 10.9. The van der Waals surface area contributed by atoms with Crippen LogP contribution in [0.25, 0.3) is 0 Å². The number of likely N-dealkylation sites (N-methyl/N-ethyl adjacent to an activating group) is 1. The van der Waals surface area contributed by atoms with Crippen molar-refractivity contribution in [3.05, 3.63) is 24.3 Å². The summed E-state index contributed by atoms with van der Waals surface area (Å²) in [6, 6.07) is 0. The van der Waals surface area contributed by atoms with Crippen LogP contribution in [-0.2, 0) is 4.74 Å². The molecule has 1 N–H and O–H groups in total. The maximum absolute atomic E-state index is 9.64. The Labute approximate surface area is 163 Å². The van der Waals surface area contributed by atoms with E-state index in [1.807, 2.05) is 19.0 Å². The summed E-state index contributed by atoms with van der Waals surface area (Å²) in [6.07, 6.45) is 23.7. The first kappa shape index (κ1) is 25.4. The molecule has 0 aliphatic carbocycles. The number of hydrogen-bond acceptors (Lipinski definition) is 3. The average Bonchev–Trinajstić information content (AvgIpc) is 2.60. The molecular formula is C23H45NO2. The van der Waals surface area contributed by atoms with E-state index in [2.05, 4.69) is 31.2 Å². The third-order valence-corrected chi connectivity index (χ3v) is 4.56. The SMILES string of the molecule is CCCCC/C=C\C/C=C\CCCCCCCCOC(C(C)O)N(C)C. The van der Waals surface area contributed by atoms with E-state index in [0.29, 0.717) is 0 Å². The van der Waals surface area contributed by atoms with Crippen molar-refractivity contribution in [3.8, 4) is 0 Å². The molecule has 0 spiro atoms. The molecule has 0 aromatic rings. The van der Waals surface area contributed by atoms with Gasteiger partial charge >= 0.3 is 0 Å². The second-order valence-electron chi connectivity index (χ2n) is 7.55. The van der Waals surface area contributed by atoms with Crippen LogP contribution in [0.5, 0.6) is 0 Å². The van der Waals surface area contributed by atoms with Crippen molar-refractivity contribution < 1.29 is 9.84 Å². The van der Waals surface area contributed by atoms with Gasteiger partial charge in [0, 0.05) is 6.61 Å². The largest absolute Gasteiger partial charge is 0.389 e. The number of allylic oxidation sites excluding steroid dienone is 4. The zero-order chi connectivity index (χ0) is 19.5. The molecule has 0 amide bonds. The second kappa shape index (κ2) is 19.1. The highest BCUT2D eigenvalue weighted by molar-refractivity contribution is 4.92. The van der Waals surface area contributed by atoms with Gasteiger partial charge in [-0.25, -0.2) is 0 Å². The van der Waals surface area contributed by atoms with E-state index in [9.17, 15) is 5.11 Å². The minimum atomic E-state index is -0.449. The zero-order valence-electron chi connectivity index (χ0n) is 18.0. The van der Waals surface area contributed by atoms with Crippen LogP contribution in [0.15, 0.2) is 24.3 Å². The minimum absolute atomic E-state index is 0.187. The van der Waals surface area contributed by atoms with Crippen LogP contribution in [0.4, 0.5) is 0 Å². The highest BCUT2D eigenvalue weighted by Gasteiger charge is 2.17. The summed E-state index contributed by atoms with van der Waals surface area (Å²) in [7, 11) is 3.88. The summed E-state index contributed by atoms with van der Waals surface area (Å²) in [4.78, 5) is 1.93. The molecule has 0 aromatic heterocycles. The summed E-state index contributed by atoms with van der Waals surface area (Å²) >= 11 is 0. The zero-order valence-corrected chi connectivity index (χ0v) is 18.0. The van der Waals surface area contributed by atoms with E-state index in [0.717, 1.165) is 19.4 Å². The van der Waals surface area contributed by atoms with E-state index in [-0.39, 0.29) is 6.23 Å². The average molecular weight is 368 g/mol. The quantitative estimate of drug-likeness (QED) is 0.181. The van der Waals surface area contributed by atoms with Gasteiger partial charge in [0.05, 0.1) is 6.10 Å². The molecule has 3 nitrogen and oxygen atoms in total. The van der Waals surface area contributed by atoms with Crippen molar-refractivity contribution in [1.82, 2.24) is 4.90 Å². The summed E-state index contributed by atoms with van der Waals surface area (Å²) in [5.41, 5.74) is 0. The lowest BCUT2D eigenvalue weighted by Crippen LogP contribution is -2.39. The van der Waals surface area contributed by atoms with E-state index in [1.165, 1.54) is 64.2 Å². The molecule has 0 saturated carbocycles. The maximum Gasteiger partial charge on any atom is 0.136 e. The Morgan fingerprint density at radius 2 is 1.35 bits per heavy atom. The fourth-order valence-electron chi connectivity index (χ4n) is 3.01. The van der Waals surface area contributed by atoms with Crippen molar-refractivity contribution >= 4 is 0 Å². The smallest absolute Gasteiger partial charge is 0.136 e. The van der Waals surface area contributed by atoms with E-state index < -0.39 is 6.10 Å². The van der Waals surface area contributed by atoms with Gasteiger partial charge in [-0.2, -0.15) is 0 Å². The van der Waals surface area contributed by atoms with Crippen LogP contribution in [-0.4, -0.2) is 43.0 Å². The molecule has 0 saturated heterocycles. The van der Waals surface area contributed by atoms with Gasteiger partial charge in [0.25, 0.3) is 0 Å². The molecule has 0 radical (unpaired) electrons. The molecule has 0 heterocycles. The van der Waals surface area contributed by atoms with Crippen LogP contribution in [0.1, 0.15) is 90.9 Å². The lowest BCUT2D eigenvalue weighted by molar-refractivity contribution is -0.102. The molecule has 0 aliphatic rings. The fraction of sp³-hybridized carbons (Fsp3) is 0.826. The van der Waals surface area contributed by atoms with Gasteiger partial charge in [0.2, 0.25) is 0 Å². The number of nitrogens with zero attached hydrogens (tertiary/aromatic N) is 1. The van der Waals surface area contributed by atoms with Gasteiger partial charge < -0.3 is 9.84 Å². The Morgan fingerprint density at radius 3 is 1.88 bits per heavy atom. The molecule has 0 aliphatic heterocycles. The Morgan fingerprint density at radius 1 is 0.808 bits per heavy atom. The Kier molecular flexibility index (Phi) is 18.7. The summed E-state index contributed by atoms with van der Waals surface area (Å²) in [5.74, 6) is 0. The molecule has 0 fully saturated rings. The number of ether oxygens (including phenoxy) is 1. The Bertz CT molecular complexity index is 329. The standard InChI is InChI=1S/C23H45NO2/c1-5-6-7-8-9-10-11-12-13-14-15-16-17-18-19-20-21-26-23(22(2)25)24(3)4/h9-10,12-13,22-23,25H,5-8,11,14-21H2,1-4H3/b10-9-,13-12-. The molecular weight excluding hydrogens is 322 g/mol. The highest BCUT2D eigenvalue weighted by atomic mass is 16.5. The van der Waals surface area contributed by atoms with Crippen molar-refractivity contribution in [1.29, 1.82) is 0 Å². The number of hydrogen-bond donors (Lipinski definition) is 1. The lowest BCUT2D eigenvalue weighted by atomic mass is 10.1. The topological polar surface area (TPSA) is 32.7 Å². The monoisotopic (exact) mass is 367 g/mol. The van der Waals surface area contributed by atoms with Crippen LogP contribution in [0.2, 0.25) is 0 Å². The van der Waals surface area contributed by atoms with Crippen LogP contribution in [0.3, 0.4) is 0 Å². The first-order chi connectivity index (χ1) is 12.6. The molecule has 0 bridgehead atoms. The maximum atomic E-state index is 9.64. The molecule has 3 heteroatoms. The molecule has 2 atom stereocenters. The van der Waals surface area contributed by atoms with Gasteiger partial charge in [-0.3, -0.25) is 4.90 Å². The predicted octanol–water partition coefficient (Wildman–Crippen LogP) is 6.09. The number of unbranched alkanes of at least 4 members (excludes halogenated alkanes) is 9. The summed E-state index contributed by atoms with van der Waals surface area (Å²) < 4.78 is 5.75. The molecule has 0 rings (SSSR count). The van der Waals surface area contributed by atoms with Crippen molar-refractivity contribution in [3.63, 3.8) is 0 Å².